The van der Waals surface area contributed by atoms with Crippen LogP contribution in [-0.2, 0) is 11.3 Å². The Morgan fingerprint density at radius 2 is 2.00 bits per heavy atom. The first kappa shape index (κ1) is 15.1. The summed E-state index contributed by atoms with van der Waals surface area (Å²) in [5.74, 6) is -0.628. The van der Waals surface area contributed by atoms with E-state index in [1.165, 1.54) is 4.57 Å². The minimum absolute atomic E-state index is 0.155. The van der Waals surface area contributed by atoms with Crippen molar-refractivity contribution in [3.05, 3.63) is 28.0 Å². The van der Waals surface area contributed by atoms with Gasteiger partial charge in [-0.15, -0.1) is 0 Å². The topological polar surface area (TPSA) is 55.1 Å². The van der Waals surface area contributed by atoms with Crippen LogP contribution in [0.1, 0.15) is 38.2 Å². The minimum Gasteiger partial charge on any atom is -0.480 e. The van der Waals surface area contributed by atoms with Gasteiger partial charge in [-0.25, -0.2) is 4.98 Å². The molecule has 0 aliphatic heterocycles. The van der Waals surface area contributed by atoms with Crippen molar-refractivity contribution < 1.29 is 9.90 Å². The predicted molar refractivity (Wildman–Crippen MR) is 80.7 cm³/mol. The van der Waals surface area contributed by atoms with Gasteiger partial charge in [0.15, 0.2) is 0 Å². The van der Waals surface area contributed by atoms with E-state index in [2.05, 4.69) is 18.8 Å². The molecule has 0 amide bonds. The molecular formula is C14H16Cl2N2O2. The van der Waals surface area contributed by atoms with Crippen molar-refractivity contribution in [2.24, 2.45) is 0 Å². The van der Waals surface area contributed by atoms with Crippen LogP contribution >= 0.6 is 23.2 Å². The molecule has 0 unspecified atom stereocenters. The SMILES string of the molecule is CCC(CC)c1ccc(Cl)c2nc(Cl)n(CC(=O)O)c12. The van der Waals surface area contributed by atoms with Crippen LogP contribution in [0, 0.1) is 0 Å². The lowest BCUT2D eigenvalue weighted by Gasteiger charge is -2.16. The molecule has 1 aromatic heterocycles. The Balaban J connectivity index is 2.75. The van der Waals surface area contributed by atoms with Gasteiger partial charge in [0.2, 0.25) is 5.28 Å². The maximum atomic E-state index is 11.0. The van der Waals surface area contributed by atoms with Crippen LogP contribution < -0.4 is 0 Å². The first-order valence-electron chi connectivity index (χ1n) is 6.55. The molecule has 0 atom stereocenters. The predicted octanol–water partition coefficient (Wildman–Crippen LogP) is 4.33. The molecule has 0 fully saturated rings. The molecule has 0 aliphatic carbocycles. The third kappa shape index (κ3) is 2.63. The van der Waals surface area contributed by atoms with Crippen LogP contribution in [-0.4, -0.2) is 20.6 Å². The monoisotopic (exact) mass is 314 g/mol. The van der Waals surface area contributed by atoms with Gasteiger partial charge in [-0.3, -0.25) is 4.79 Å². The van der Waals surface area contributed by atoms with Crippen molar-refractivity contribution in [3.8, 4) is 0 Å². The Hall–Kier alpha value is -1.26. The van der Waals surface area contributed by atoms with E-state index in [0.717, 1.165) is 23.9 Å². The highest BCUT2D eigenvalue weighted by Crippen LogP contribution is 2.35. The molecule has 2 aromatic rings. The number of hydrogen-bond donors (Lipinski definition) is 1. The van der Waals surface area contributed by atoms with E-state index in [4.69, 9.17) is 28.3 Å². The summed E-state index contributed by atoms with van der Waals surface area (Å²) in [6, 6.07) is 3.74. The number of rotatable bonds is 5. The molecule has 2 rings (SSSR count). The summed E-state index contributed by atoms with van der Waals surface area (Å²) in [5, 5.41) is 9.68. The second-order valence-electron chi connectivity index (χ2n) is 4.71. The Labute approximate surface area is 127 Å². The van der Waals surface area contributed by atoms with E-state index >= 15 is 0 Å². The molecule has 20 heavy (non-hydrogen) atoms. The molecule has 1 heterocycles. The lowest BCUT2D eigenvalue weighted by molar-refractivity contribution is -0.137. The molecular weight excluding hydrogens is 299 g/mol. The van der Waals surface area contributed by atoms with Crippen LogP contribution in [0.25, 0.3) is 11.0 Å². The fourth-order valence-electron chi connectivity index (χ4n) is 2.54. The maximum absolute atomic E-state index is 11.0. The number of nitrogens with zero attached hydrogens (tertiary/aromatic N) is 2. The minimum atomic E-state index is -0.957. The number of hydrogen-bond acceptors (Lipinski definition) is 2. The second kappa shape index (κ2) is 6.02. The van der Waals surface area contributed by atoms with E-state index in [0.29, 0.717) is 16.5 Å². The number of carboxylic acids is 1. The quantitative estimate of drug-likeness (QED) is 0.893. The lowest BCUT2D eigenvalue weighted by Crippen LogP contribution is -2.10. The van der Waals surface area contributed by atoms with Gasteiger partial charge < -0.3 is 9.67 Å². The van der Waals surface area contributed by atoms with Crippen molar-refractivity contribution in [1.82, 2.24) is 9.55 Å². The third-order valence-corrected chi connectivity index (χ3v) is 4.14. The van der Waals surface area contributed by atoms with Crippen LogP contribution in [0.2, 0.25) is 10.3 Å². The fourth-order valence-corrected chi connectivity index (χ4v) is 2.97. The molecule has 0 radical (unpaired) electrons. The summed E-state index contributed by atoms with van der Waals surface area (Å²) in [5.41, 5.74) is 2.36. The van der Waals surface area contributed by atoms with Crippen molar-refractivity contribution in [2.45, 2.75) is 39.2 Å². The van der Waals surface area contributed by atoms with Crippen LogP contribution in [0.15, 0.2) is 12.1 Å². The molecule has 1 N–H and O–H groups in total. The molecule has 4 nitrogen and oxygen atoms in total. The molecule has 1 aromatic carbocycles. The zero-order valence-corrected chi connectivity index (χ0v) is 12.9. The van der Waals surface area contributed by atoms with E-state index in [1.54, 1.807) is 6.07 Å². The zero-order chi connectivity index (χ0) is 14.9. The standard InChI is InChI=1S/C14H16Cl2N2O2/c1-3-8(4-2)9-5-6-10(15)12-13(9)18(7-11(19)20)14(16)17-12/h5-6,8H,3-4,7H2,1-2H3,(H,19,20). The van der Waals surface area contributed by atoms with Crippen molar-refractivity contribution in [1.29, 1.82) is 0 Å². The first-order chi connectivity index (χ1) is 9.49. The summed E-state index contributed by atoms with van der Waals surface area (Å²) in [6.45, 7) is 3.99. The Bertz CT molecular complexity index is 648. The number of carbonyl (C=O) groups is 1. The fraction of sp³-hybridized carbons (Fsp3) is 0.429. The number of imidazole rings is 1. The molecule has 0 saturated heterocycles. The Kier molecular flexibility index (Phi) is 4.55. The number of carboxylic acid groups (broad SMARTS) is 1. The highest BCUT2D eigenvalue weighted by Gasteiger charge is 2.20. The zero-order valence-electron chi connectivity index (χ0n) is 11.4. The Morgan fingerprint density at radius 3 is 2.55 bits per heavy atom. The normalized spacial score (nSPS) is 11.4. The number of benzene rings is 1. The van der Waals surface area contributed by atoms with Gasteiger partial charge in [0.1, 0.15) is 12.1 Å². The smallest absolute Gasteiger partial charge is 0.323 e. The molecule has 0 saturated carbocycles. The van der Waals surface area contributed by atoms with Crippen LogP contribution in [0.4, 0.5) is 0 Å². The van der Waals surface area contributed by atoms with Gasteiger partial charge in [0.05, 0.1) is 10.5 Å². The lowest BCUT2D eigenvalue weighted by atomic mass is 9.93. The number of aromatic nitrogens is 2. The van der Waals surface area contributed by atoms with Gasteiger partial charge >= 0.3 is 5.97 Å². The number of aliphatic carboxylic acids is 1. The molecule has 6 heteroatoms. The summed E-state index contributed by atoms with van der Waals surface area (Å²) in [7, 11) is 0. The third-order valence-electron chi connectivity index (χ3n) is 3.55. The average Bonchev–Trinajstić information content (AvgIpc) is 2.71. The molecule has 0 aliphatic rings. The van der Waals surface area contributed by atoms with Gasteiger partial charge in [0.25, 0.3) is 0 Å². The van der Waals surface area contributed by atoms with E-state index in [1.807, 2.05) is 6.07 Å². The average molecular weight is 315 g/mol. The van der Waals surface area contributed by atoms with Crippen molar-refractivity contribution >= 4 is 40.2 Å². The maximum Gasteiger partial charge on any atom is 0.323 e. The number of fused-ring (bicyclic) bond motifs is 1. The number of halogens is 2. The van der Waals surface area contributed by atoms with Gasteiger partial charge in [-0.1, -0.05) is 31.5 Å². The van der Waals surface area contributed by atoms with Gasteiger partial charge in [-0.05, 0) is 42.0 Å². The first-order valence-corrected chi connectivity index (χ1v) is 7.31. The summed E-state index contributed by atoms with van der Waals surface area (Å²) in [4.78, 5) is 15.2. The molecule has 108 valence electrons. The summed E-state index contributed by atoms with van der Waals surface area (Å²) >= 11 is 12.2. The van der Waals surface area contributed by atoms with Gasteiger partial charge in [-0.2, -0.15) is 0 Å². The Morgan fingerprint density at radius 1 is 1.35 bits per heavy atom. The van der Waals surface area contributed by atoms with Crippen LogP contribution in [0.5, 0.6) is 0 Å². The van der Waals surface area contributed by atoms with E-state index in [9.17, 15) is 4.79 Å². The highest BCUT2D eigenvalue weighted by molar-refractivity contribution is 6.36. The van der Waals surface area contributed by atoms with Gasteiger partial charge in [0, 0.05) is 0 Å². The van der Waals surface area contributed by atoms with Crippen molar-refractivity contribution in [2.75, 3.05) is 0 Å². The highest BCUT2D eigenvalue weighted by atomic mass is 35.5. The van der Waals surface area contributed by atoms with E-state index < -0.39 is 5.97 Å². The van der Waals surface area contributed by atoms with Crippen molar-refractivity contribution in [3.63, 3.8) is 0 Å². The summed E-state index contributed by atoms with van der Waals surface area (Å²) in [6.07, 6.45) is 1.92. The second-order valence-corrected chi connectivity index (χ2v) is 5.45. The molecule has 0 spiro atoms. The van der Waals surface area contributed by atoms with Crippen LogP contribution in [0.3, 0.4) is 0 Å². The summed E-state index contributed by atoms with van der Waals surface area (Å²) < 4.78 is 1.51. The molecule has 0 bridgehead atoms. The van der Waals surface area contributed by atoms with E-state index in [-0.39, 0.29) is 11.8 Å². The largest absolute Gasteiger partial charge is 0.480 e.